The van der Waals surface area contributed by atoms with Crippen molar-refractivity contribution in [2.45, 2.75) is 31.7 Å². The number of carboxylic acid groups (broad SMARTS) is 1. The number of furan rings is 1. The molecular weight excluding hydrogens is 426 g/mol. The zero-order valence-corrected chi connectivity index (χ0v) is 18.0. The van der Waals surface area contributed by atoms with E-state index < -0.39 is 28.0 Å². The van der Waals surface area contributed by atoms with Crippen molar-refractivity contribution in [3.05, 3.63) is 41.4 Å². The molecule has 4 aromatic rings. The Morgan fingerprint density at radius 3 is 2.50 bits per heavy atom. The minimum absolute atomic E-state index is 0.0200. The fourth-order valence-electron chi connectivity index (χ4n) is 3.18. The molecule has 156 valence electrons. The van der Waals surface area contributed by atoms with Crippen molar-refractivity contribution in [3.63, 3.8) is 0 Å². The fourth-order valence-corrected chi connectivity index (χ4v) is 5.23. The molecule has 0 fully saturated rings. The van der Waals surface area contributed by atoms with Crippen LogP contribution in [0.5, 0.6) is 0 Å². The maximum Gasteiger partial charge on any atom is 0.322 e. The Morgan fingerprint density at radius 1 is 1.10 bits per heavy atom. The molecule has 1 unspecified atom stereocenters. The number of benzene rings is 2. The average molecular weight is 446 g/mol. The smallest absolute Gasteiger partial charge is 0.322 e. The molecule has 2 N–H and O–H groups in total. The molecule has 0 aliphatic carbocycles. The van der Waals surface area contributed by atoms with Gasteiger partial charge in [-0.1, -0.05) is 31.3 Å². The number of carboxylic acids is 1. The number of aliphatic carboxylic acids is 1. The number of nitrogens with zero attached hydrogens (tertiary/aromatic N) is 2. The van der Waals surface area contributed by atoms with Gasteiger partial charge in [-0.25, -0.2) is 8.42 Å². The minimum atomic E-state index is -4.03. The van der Waals surface area contributed by atoms with Gasteiger partial charge in [0.05, 0.1) is 4.90 Å². The highest BCUT2D eigenvalue weighted by Crippen LogP contribution is 2.34. The maximum absolute atomic E-state index is 12.8. The van der Waals surface area contributed by atoms with Crippen LogP contribution >= 0.6 is 11.3 Å². The molecule has 2 aromatic heterocycles. The first-order chi connectivity index (χ1) is 14.2. The fraction of sp³-hybridized carbons (Fsp3) is 0.250. The van der Waals surface area contributed by atoms with Crippen molar-refractivity contribution < 1.29 is 22.7 Å². The van der Waals surface area contributed by atoms with E-state index in [9.17, 15) is 18.3 Å². The molecule has 0 saturated carbocycles. The lowest BCUT2D eigenvalue weighted by Gasteiger charge is -2.17. The van der Waals surface area contributed by atoms with Crippen LogP contribution in [0.25, 0.3) is 32.5 Å². The summed E-state index contributed by atoms with van der Waals surface area (Å²) < 4.78 is 33.7. The van der Waals surface area contributed by atoms with Crippen molar-refractivity contribution in [2.24, 2.45) is 5.92 Å². The summed E-state index contributed by atoms with van der Waals surface area (Å²) in [5.41, 5.74) is 2.00. The van der Waals surface area contributed by atoms with Crippen molar-refractivity contribution in [1.29, 1.82) is 0 Å². The molecule has 0 amide bonds. The Balaban J connectivity index is 1.76. The summed E-state index contributed by atoms with van der Waals surface area (Å²) in [6.07, 6.45) is 0. The third kappa shape index (κ3) is 3.69. The van der Waals surface area contributed by atoms with E-state index in [1.807, 2.05) is 25.1 Å². The Kier molecular flexibility index (Phi) is 5.08. The molecule has 10 heteroatoms. The van der Waals surface area contributed by atoms with Gasteiger partial charge >= 0.3 is 5.97 Å². The van der Waals surface area contributed by atoms with Crippen LogP contribution in [0.15, 0.2) is 45.7 Å². The Labute approximate surface area is 176 Å². The normalized spacial score (nSPS) is 13.3. The van der Waals surface area contributed by atoms with Gasteiger partial charge in [-0.3, -0.25) is 4.79 Å². The lowest BCUT2D eigenvalue weighted by molar-refractivity contribution is -0.140. The van der Waals surface area contributed by atoms with E-state index in [0.717, 1.165) is 21.0 Å². The largest absolute Gasteiger partial charge is 0.480 e. The second-order valence-corrected chi connectivity index (χ2v) is 10.2. The number of aromatic nitrogens is 2. The summed E-state index contributed by atoms with van der Waals surface area (Å²) in [5.74, 6) is -1.62. The molecule has 8 nitrogen and oxygen atoms in total. The zero-order valence-electron chi connectivity index (χ0n) is 16.4. The highest BCUT2D eigenvalue weighted by molar-refractivity contribution is 7.89. The van der Waals surface area contributed by atoms with E-state index in [4.69, 9.17) is 4.42 Å². The summed E-state index contributed by atoms with van der Waals surface area (Å²) in [5, 5.41) is 20.5. The first-order valence-corrected chi connectivity index (χ1v) is 11.5. The molecule has 2 heterocycles. The van der Waals surface area contributed by atoms with E-state index in [-0.39, 0.29) is 4.90 Å². The average Bonchev–Trinajstić information content (AvgIpc) is 3.27. The lowest BCUT2D eigenvalue weighted by atomic mass is 10.1. The molecule has 2 aromatic carbocycles. The van der Waals surface area contributed by atoms with Crippen molar-refractivity contribution in [3.8, 4) is 10.6 Å². The minimum Gasteiger partial charge on any atom is -0.480 e. The topological polar surface area (TPSA) is 122 Å². The van der Waals surface area contributed by atoms with E-state index in [0.29, 0.717) is 16.6 Å². The van der Waals surface area contributed by atoms with Gasteiger partial charge in [0.25, 0.3) is 0 Å². The first-order valence-electron chi connectivity index (χ1n) is 9.17. The summed E-state index contributed by atoms with van der Waals surface area (Å²) >= 11 is 1.47. The molecule has 0 bridgehead atoms. The molecule has 4 rings (SSSR count). The van der Waals surface area contributed by atoms with Gasteiger partial charge in [0.15, 0.2) is 0 Å². The number of hydrogen-bond acceptors (Lipinski definition) is 7. The van der Waals surface area contributed by atoms with Gasteiger partial charge in [0.1, 0.15) is 27.2 Å². The summed E-state index contributed by atoms with van der Waals surface area (Å²) in [4.78, 5) is 11.4. The molecule has 0 saturated heterocycles. The van der Waals surface area contributed by atoms with E-state index in [1.54, 1.807) is 19.9 Å². The van der Waals surface area contributed by atoms with Crippen LogP contribution in [0.3, 0.4) is 0 Å². The summed E-state index contributed by atoms with van der Waals surface area (Å²) in [6.45, 7) is 5.17. The second kappa shape index (κ2) is 7.46. The van der Waals surface area contributed by atoms with Crippen molar-refractivity contribution in [2.75, 3.05) is 0 Å². The highest BCUT2D eigenvalue weighted by Gasteiger charge is 2.28. The molecule has 0 aliphatic rings. The van der Waals surface area contributed by atoms with Crippen LogP contribution in [0.4, 0.5) is 0 Å². The van der Waals surface area contributed by atoms with Crippen LogP contribution in [0, 0.1) is 12.8 Å². The monoisotopic (exact) mass is 445 g/mol. The van der Waals surface area contributed by atoms with Crippen LogP contribution in [0.1, 0.15) is 18.9 Å². The van der Waals surface area contributed by atoms with Gasteiger partial charge in [-0.05, 0) is 43.2 Å². The SMILES string of the molecule is Cc1nnc(-c2ccc3c(c2)oc2ccc(S(=O)(=O)NC(C(=O)O)C(C)C)cc23)s1. The number of sulfonamides is 1. The molecule has 0 spiro atoms. The van der Waals surface area contributed by atoms with Crippen molar-refractivity contribution in [1.82, 2.24) is 14.9 Å². The van der Waals surface area contributed by atoms with Gasteiger partial charge in [0.2, 0.25) is 10.0 Å². The van der Waals surface area contributed by atoms with E-state index >= 15 is 0 Å². The number of nitrogens with one attached hydrogen (secondary N) is 1. The quantitative estimate of drug-likeness (QED) is 0.463. The molecular formula is C20H19N3O5S2. The van der Waals surface area contributed by atoms with Gasteiger partial charge in [-0.15, -0.1) is 10.2 Å². The van der Waals surface area contributed by atoms with Crippen LogP contribution < -0.4 is 4.72 Å². The Hall–Kier alpha value is -2.82. The second-order valence-electron chi connectivity index (χ2n) is 7.28. The van der Waals surface area contributed by atoms with Crippen LogP contribution in [-0.4, -0.2) is 35.7 Å². The molecule has 1 atom stereocenters. The molecule has 0 radical (unpaired) electrons. The van der Waals surface area contributed by atoms with Gasteiger partial charge < -0.3 is 9.52 Å². The summed E-state index contributed by atoms with van der Waals surface area (Å²) in [7, 11) is -4.03. The number of aryl methyl sites for hydroxylation is 1. The number of rotatable bonds is 6. The third-order valence-corrected chi connectivity index (χ3v) is 7.07. The lowest BCUT2D eigenvalue weighted by Crippen LogP contribution is -2.44. The van der Waals surface area contributed by atoms with E-state index in [2.05, 4.69) is 14.9 Å². The van der Waals surface area contributed by atoms with Crippen LogP contribution in [-0.2, 0) is 14.8 Å². The standard InChI is InChI=1S/C20H19N3O5S2/c1-10(2)18(20(24)25)23-30(26,27)13-5-7-16-15(9-13)14-6-4-12(8-17(14)28-16)19-22-21-11(3)29-19/h4-10,18,23H,1-3H3,(H,24,25). The number of carbonyl (C=O) groups is 1. The Morgan fingerprint density at radius 2 is 1.87 bits per heavy atom. The highest BCUT2D eigenvalue weighted by atomic mass is 32.2. The third-order valence-electron chi connectivity index (χ3n) is 4.74. The predicted molar refractivity (Wildman–Crippen MR) is 114 cm³/mol. The molecule has 0 aliphatic heterocycles. The predicted octanol–water partition coefficient (Wildman–Crippen LogP) is 3.80. The van der Waals surface area contributed by atoms with Crippen LogP contribution in [0.2, 0.25) is 0 Å². The zero-order chi connectivity index (χ0) is 21.6. The maximum atomic E-state index is 12.8. The molecule has 30 heavy (non-hydrogen) atoms. The van der Waals surface area contributed by atoms with Gasteiger partial charge in [0, 0.05) is 16.3 Å². The van der Waals surface area contributed by atoms with E-state index in [1.165, 1.54) is 23.5 Å². The first kappa shape index (κ1) is 20.5. The summed E-state index contributed by atoms with van der Waals surface area (Å²) in [6, 6.07) is 8.84. The number of fused-ring (bicyclic) bond motifs is 3. The number of hydrogen-bond donors (Lipinski definition) is 2. The Bertz CT molecular complexity index is 1370. The van der Waals surface area contributed by atoms with Crippen molar-refractivity contribution >= 4 is 49.3 Å². The van der Waals surface area contributed by atoms with Gasteiger partial charge in [-0.2, -0.15) is 4.72 Å².